The minimum absolute atomic E-state index is 0.0964. The summed E-state index contributed by atoms with van der Waals surface area (Å²) in [7, 11) is 0. The van der Waals surface area contributed by atoms with Crippen molar-refractivity contribution in [3.63, 3.8) is 0 Å². The van der Waals surface area contributed by atoms with E-state index in [4.69, 9.17) is 0 Å². The minimum atomic E-state index is -2.68. The number of unbranched alkanes of at least 4 members (excludes halogenated alkanes) is 1. The van der Waals surface area contributed by atoms with Crippen molar-refractivity contribution in [3.05, 3.63) is 60.7 Å². The van der Waals surface area contributed by atoms with Crippen molar-refractivity contribution in [2.75, 3.05) is 0 Å². The van der Waals surface area contributed by atoms with Crippen LogP contribution in [0.15, 0.2) is 55.1 Å². The number of rotatable bonds is 8. The first kappa shape index (κ1) is 14.6. The number of halogens is 2. The lowest BCUT2D eigenvalue weighted by Gasteiger charge is -2.10. The highest BCUT2D eigenvalue weighted by Crippen LogP contribution is 2.23. The molecule has 0 heterocycles. The molecule has 0 atom stereocenters. The summed E-state index contributed by atoms with van der Waals surface area (Å²) >= 11 is 0. The van der Waals surface area contributed by atoms with Gasteiger partial charge in [-0.25, -0.2) is 8.78 Å². The predicted molar refractivity (Wildman–Crippen MR) is 72.9 cm³/mol. The van der Waals surface area contributed by atoms with Crippen molar-refractivity contribution >= 4 is 0 Å². The largest absolute Gasteiger partial charge is 0.266 e. The van der Waals surface area contributed by atoms with Gasteiger partial charge in [0.2, 0.25) is 0 Å². The van der Waals surface area contributed by atoms with Crippen LogP contribution in [0.5, 0.6) is 0 Å². The van der Waals surface area contributed by atoms with Gasteiger partial charge in [0.05, 0.1) is 0 Å². The summed E-state index contributed by atoms with van der Waals surface area (Å²) in [5.41, 5.74) is 1.18. The fourth-order valence-corrected chi connectivity index (χ4v) is 1.72. The van der Waals surface area contributed by atoms with Gasteiger partial charge in [-0.2, -0.15) is 0 Å². The van der Waals surface area contributed by atoms with Crippen LogP contribution >= 0.6 is 0 Å². The van der Waals surface area contributed by atoms with E-state index in [2.05, 4.69) is 6.58 Å². The van der Waals surface area contributed by atoms with Crippen molar-refractivity contribution < 1.29 is 8.78 Å². The number of allylic oxidation sites excluding steroid dienone is 3. The molecule has 0 aliphatic rings. The standard InChI is InChI=1S/C16H20F2/c1-2-3-8-13-16(17,18)14-9-7-12-15-10-5-4-6-11-15/h2,4-6,9-11,14H,1,3,7-8,12-13H2/b14-9+. The Hall–Kier alpha value is -1.44. The van der Waals surface area contributed by atoms with Crippen molar-refractivity contribution in [3.8, 4) is 0 Å². The lowest BCUT2D eigenvalue weighted by Crippen LogP contribution is -2.11. The Labute approximate surface area is 108 Å². The summed E-state index contributed by atoms with van der Waals surface area (Å²) in [6.45, 7) is 3.53. The molecule has 0 unspecified atom stereocenters. The van der Waals surface area contributed by atoms with Gasteiger partial charge in [-0.3, -0.25) is 0 Å². The van der Waals surface area contributed by atoms with Crippen molar-refractivity contribution in [1.29, 1.82) is 0 Å². The molecule has 0 amide bonds. The summed E-state index contributed by atoms with van der Waals surface area (Å²) in [5.74, 6) is -2.68. The van der Waals surface area contributed by atoms with E-state index in [1.54, 1.807) is 12.2 Å². The Morgan fingerprint density at radius 1 is 1.11 bits per heavy atom. The molecule has 0 spiro atoms. The third-order valence-corrected chi connectivity index (χ3v) is 2.72. The monoisotopic (exact) mass is 250 g/mol. The van der Waals surface area contributed by atoms with Crippen LogP contribution < -0.4 is 0 Å². The second-order valence-electron chi connectivity index (χ2n) is 4.37. The van der Waals surface area contributed by atoms with Gasteiger partial charge in [0, 0.05) is 6.42 Å². The number of benzene rings is 1. The third-order valence-electron chi connectivity index (χ3n) is 2.72. The zero-order chi connectivity index (χ0) is 13.3. The van der Waals surface area contributed by atoms with Gasteiger partial charge in [0.25, 0.3) is 5.92 Å². The van der Waals surface area contributed by atoms with Crippen LogP contribution in [0.1, 0.15) is 31.2 Å². The number of aryl methyl sites for hydroxylation is 1. The number of alkyl halides is 2. The molecule has 1 aromatic carbocycles. The van der Waals surface area contributed by atoms with Crippen LogP contribution in [0.2, 0.25) is 0 Å². The molecule has 0 N–H and O–H groups in total. The summed E-state index contributed by atoms with van der Waals surface area (Å²) < 4.78 is 26.7. The maximum atomic E-state index is 13.4. The Bertz CT molecular complexity index is 366. The normalized spacial score (nSPS) is 11.9. The molecule has 98 valence electrons. The lowest BCUT2D eigenvalue weighted by atomic mass is 10.1. The Balaban J connectivity index is 2.28. The van der Waals surface area contributed by atoms with E-state index < -0.39 is 5.92 Å². The third kappa shape index (κ3) is 6.33. The minimum Gasteiger partial charge on any atom is -0.202 e. The molecule has 0 nitrogen and oxygen atoms in total. The molecule has 0 aliphatic carbocycles. The molecule has 0 bridgehead atoms. The van der Waals surface area contributed by atoms with Gasteiger partial charge in [0.15, 0.2) is 0 Å². The molecule has 1 rings (SSSR count). The molecule has 2 heteroatoms. The number of hydrogen-bond donors (Lipinski definition) is 0. The van der Waals surface area contributed by atoms with Gasteiger partial charge >= 0.3 is 0 Å². The average Bonchev–Trinajstić information content (AvgIpc) is 2.36. The fourth-order valence-electron chi connectivity index (χ4n) is 1.72. The molecular formula is C16H20F2. The summed E-state index contributed by atoms with van der Waals surface area (Å²) in [6, 6.07) is 9.89. The van der Waals surface area contributed by atoms with Gasteiger partial charge < -0.3 is 0 Å². The Morgan fingerprint density at radius 2 is 1.83 bits per heavy atom. The second-order valence-corrected chi connectivity index (χ2v) is 4.37. The molecule has 0 saturated carbocycles. The van der Waals surface area contributed by atoms with E-state index in [9.17, 15) is 8.78 Å². The first-order chi connectivity index (χ1) is 8.64. The molecular weight excluding hydrogens is 230 g/mol. The highest BCUT2D eigenvalue weighted by atomic mass is 19.3. The van der Waals surface area contributed by atoms with E-state index in [1.165, 1.54) is 5.56 Å². The molecule has 0 saturated heterocycles. The van der Waals surface area contributed by atoms with Crippen LogP contribution in [0.25, 0.3) is 0 Å². The van der Waals surface area contributed by atoms with Crippen LogP contribution in [0.3, 0.4) is 0 Å². The average molecular weight is 250 g/mol. The van der Waals surface area contributed by atoms with Gasteiger partial charge in [-0.05, 0) is 37.3 Å². The van der Waals surface area contributed by atoms with E-state index in [1.807, 2.05) is 30.3 Å². The topological polar surface area (TPSA) is 0 Å². The Kier molecular flexibility index (Phi) is 6.34. The zero-order valence-corrected chi connectivity index (χ0v) is 10.6. The molecule has 0 fully saturated rings. The summed E-state index contributed by atoms with van der Waals surface area (Å²) in [6.07, 6.45) is 6.80. The molecule has 18 heavy (non-hydrogen) atoms. The smallest absolute Gasteiger partial charge is 0.202 e. The summed E-state index contributed by atoms with van der Waals surface area (Å²) in [5, 5.41) is 0. The quantitative estimate of drug-likeness (QED) is 0.441. The first-order valence-corrected chi connectivity index (χ1v) is 6.34. The highest BCUT2D eigenvalue weighted by molar-refractivity contribution is 5.15. The van der Waals surface area contributed by atoms with Gasteiger partial charge in [-0.15, -0.1) is 6.58 Å². The first-order valence-electron chi connectivity index (χ1n) is 6.34. The fraction of sp³-hybridized carbons (Fsp3) is 0.375. The molecule has 1 aromatic rings. The van der Waals surface area contributed by atoms with Crippen molar-refractivity contribution in [2.45, 2.75) is 38.0 Å². The lowest BCUT2D eigenvalue weighted by molar-refractivity contribution is 0.0435. The van der Waals surface area contributed by atoms with E-state index in [0.717, 1.165) is 12.5 Å². The second kappa shape index (κ2) is 7.80. The van der Waals surface area contributed by atoms with E-state index >= 15 is 0 Å². The van der Waals surface area contributed by atoms with Crippen molar-refractivity contribution in [2.24, 2.45) is 0 Å². The van der Waals surface area contributed by atoms with Crippen molar-refractivity contribution in [1.82, 2.24) is 0 Å². The maximum Gasteiger partial charge on any atom is 0.266 e. The zero-order valence-electron chi connectivity index (χ0n) is 10.6. The van der Waals surface area contributed by atoms with Crippen LogP contribution in [-0.4, -0.2) is 5.92 Å². The molecule has 0 aromatic heterocycles. The van der Waals surface area contributed by atoms with Gasteiger partial charge in [0.1, 0.15) is 0 Å². The number of hydrogen-bond acceptors (Lipinski definition) is 0. The van der Waals surface area contributed by atoms with E-state index in [-0.39, 0.29) is 6.42 Å². The molecule has 0 aliphatic heterocycles. The van der Waals surface area contributed by atoms with Crippen LogP contribution in [0, 0.1) is 0 Å². The highest BCUT2D eigenvalue weighted by Gasteiger charge is 2.23. The Morgan fingerprint density at radius 3 is 2.50 bits per heavy atom. The molecule has 0 radical (unpaired) electrons. The SMILES string of the molecule is C=CCCCC(F)(F)/C=C/CCc1ccccc1. The van der Waals surface area contributed by atoms with Crippen LogP contribution in [-0.2, 0) is 6.42 Å². The summed E-state index contributed by atoms with van der Waals surface area (Å²) in [4.78, 5) is 0. The maximum absolute atomic E-state index is 13.4. The predicted octanol–water partition coefficient (Wildman–Crippen LogP) is 5.17. The van der Waals surface area contributed by atoms with E-state index in [0.29, 0.717) is 19.3 Å². The van der Waals surface area contributed by atoms with Gasteiger partial charge in [-0.1, -0.05) is 42.5 Å². The van der Waals surface area contributed by atoms with Crippen LogP contribution in [0.4, 0.5) is 8.78 Å².